The predicted molar refractivity (Wildman–Crippen MR) is 47.8 cm³/mol. The summed E-state index contributed by atoms with van der Waals surface area (Å²) >= 11 is 1.47. The zero-order valence-corrected chi connectivity index (χ0v) is 7.37. The Balaban J connectivity index is 2.33. The average molecular weight is 185 g/mol. The van der Waals surface area contributed by atoms with Crippen LogP contribution in [0.15, 0.2) is 23.6 Å². The summed E-state index contributed by atoms with van der Waals surface area (Å²) in [6.45, 7) is 0.290. The van der Waals surface area contributed by atoms with Gasteiger partial charge in [0.05, 0.1) is 11.1 Å². The molecule has 0 fully saturated rings. The third-order valence-electron chi connectivity index (χ3n) is 1.25. The molecule has 1 aromatic rings. The summed E-state index contributed by atoms with van der Waals surface area (Å²) in [6.07, 6.45) is 2.70. The van der Waals surface area contributed by atoms with Crippen LogP contribution in [0.2, 0.25) is 0 Å². The van der Waals surface area contributed by atoms with Crippen LogP contribution in [0.4, 0.5) is 0 Å². The molecule has 1 unspecified atom stereocenters. The first kappa shape index (κ1) is 9.44. The van der Waals surface area contributed by atoms with Gasteiger partial charge in [-0.15, -0.1) is 11.8 Å². The summed E-state index contributed by atoms with van der Waals surface area (Å²) in [4.78, 5) is 7.77. The highest BCUT2D eigenvalue weighted by Gasteiger charge is 2.01. The van der Waals surface area contributed by atoms with Crippen LogP contribution in [0.3, 0.4) is 0 Å². The fourth-order valence-electron chi connectivity index (χ4n) is 0.614. The number of nitrogens with two attached hydrogens (primary N) is 1. The van der Waals surface area contributed by atoms with Gasteiger partial charge in [0.15, 0.2) is 0 Å². The predicted octanol–water partition coefficient (Wildman–Crippen LogP) is -0.112. The lowest BCUT2D eigenvalue weighted by molar-refractivity contribution is 0.208. The molecule has 1 rings (SSSR count). The number of hydrogen-bond acceptors (Lipinski definition) is 5. The van der Waals surface area contributed by atoms with E-state index in [1.54, 1.807) is 12.3 Å². The molecule has 1 atom stereocenters. The average Bonchev–Trinajstić information content (AvgIpc) is 2.16. The molecule has 0 amide bonds. The monoisotopic (exact) mass is 185 g/mol. The van der Waals surface area contributed by atoms with Crippen molar-refractivity contribution in [1.82, 2.24) is 9.97 Å². The molecule has 0 spiro atoms. The largest absolute Gasteiger partial charge is 0.391 e. The molecule has 1 heterocycles. The van der Waals surface area contributed by atoms with Gasteiger partial charge < -0.3 is 10.8 Å². The Morgan fingerprint density at radius 1 is 1.67 bits per heavy atom. The van der Waals surface area contributed by atoms with E-state index in [0.717, 1.165) is 5.03 Å². The Morgan fingerprint density at radius 2 is 2.50 bits per heavy atom. The van der Waals surface area contributed by atoms with Crippen LogP contribution in [0.25, 0.3) is 0 Å². The van der Waals surface area contributed by atoms with Crippen molar-refractivity contribution in [3.8, 4) is 0 Å². The summed E-state index contributed by atoms with van der Waals surface area (Å²) < 4.78 is 0. The first-order valence-corrected chi connectivity index (χ1v) is 4.58. The van der Waals surface area contributed by atoms with Gasteiger partial charge in [-0.05, 0) is 6.07 Å². The highest BCUT2D eigenvalue weighted by atomic mass is 32.2. The summed E-state index contributed by atoms with van der Waals surface area (Å²) in [5.41, 5.74) is 5.24. The van der Waals surface area contributed by atoms with Crippen molar-refractivity contribution in [2.45, 2.75) is 11.1 Å². The van der Waals surface area contributed by atoms with Gasteiger partial charge in [-0.25, -0.2) is 9.97 Å². The van der Waals surface area contributed by atoms with Crippen molar-refractivity contribution in [1.29, 1.82) is 0 Å². The smallest absolute Gasteiger partial charge is 0.116 e. The highest BCUT2D eigenvalue weighted by Crippen LogP contribution is 2.13. The minimum Gasteiger partial charge on any atom is -0.391 e. The lowest BCUT2D eigenvalue weighted by Crippen LogP contribution is -2.21. The number of hydrogen-bond donors (Lipinski definition) is 2. The van der Waals surface area contributed by atoms with Gasteiger partial charge in [0.2, 0.25) is 0 Å². The SMILES string of the molecule is NCC(O)CSc1ccncn1. The lowest BCUT2D eigenvalue weighted by Gasteiger charge is -2.05. The maximum Gasteiger partial charge on any atom is 0.116 e. The fraction of sp³-hybridized carbons (Fsp3) is 0.429. The van der Waals surface area contributed by atoms with E-state index in [4.69, 9.17) is 10.8 Å². The van der Waals surface area contributed by atoms with Crippen molar-refractivity contribution < 1.29 is 5.11 Å². The second kappa shape index (κ2) is 5.08. The summed E-state index contributed by atoms with van der Waals surface area (Å²) in [6, 6.07) is 1.80. The molecular formula is C7H11N3OS. The first-order valence-electron chi connectivity index (χ1n) is 3.60. The molecule has 0 saturated carbocycles. The van der Waals surface area contributed by atoms with Crippen LogP contribution in [-0.4, -0.2) is 33.5 Å². The molecule has 0 aliphatic heterocycles. The quantitative estimate of drug-likeness (QED) is 0.506. The molecule has 0 aliphatic rings. The van der Waals surface area contributed by atoms with Crippen molar-refractivity contribution in [3.63, 3.8) is 0 Å². The summed E-state index contributed by atoms with van der Waals surface area (Å²) in [7, 11) is 0. The van der Waals surface area contributed by atoms with Gasteiger partial charge >= 0.3 is 0 Å². The first-order chi connectivity index (χ1) is 5.83. The maximum atomic E-state index is 9.13. The van der Waals surface area contributed by atoms with E-state index >= 15 is 0 Å². The Hall–Kier alpha value is -0.650. The van der Waals surface area contributed by atoms with E-state index in [0.29, 0.717) is 5.75 Å². The van der Waals surface area contributed by atoms with Gasteiger partial charge in [-0.2, -0.15) is 0 Å². The van der Waals surface area contributed by atoms with E-state index in [9.17, 15) is 0 Å². The van der Waals surface area contributed by atoms with Crippen LogP contribution in [0.1, 0.15) is 0 Å². The molecule has 0 aliphatic carbocycles. The number of rotatable bonds is 4. The molecule has 0 saturated heterocycles. The maximum absolute atomic E-state index is 9.13. The number of aliphatic hydroxyl groups is 1. The summed E-state index contributed by atoms with van der Waals surface area (Å²) in [5, 5.41) is 9.99. The molecule has 5 heteroatoms. The van der Waals surface area contributed by atoms with Gasteiger partial charge in [0.1, 0.15) is 6.33 Å². The third kappa shape index (κ3) is 3.17. The Labute approximate surface area is 75.2 Å². The third-order valence-corrected chi connectivity index (χ3v) is 2.34. The Bertz CT molecular complexity index is 219. The Morgan fingerprint density at radius 3 is 3.08 bits per heavy atom. The van der Waals surface area contributed by atoms with Crippen molar-refractivity contribution in [2.24, 2.45) is 5.73 Å². The molecule has 3 N–H and O–H groups in total. The van der Waals surface area contributed by atoms with Crippen LogP contribution < -0.4 is 5.73 Å². The molecule has 0 bridgehead atoms. The van der Waals surface area contributed by atoms with Crippen LogP contribution in [0.5, 0.6) is 0 Å². The standard InChI is InChI=1S/C7H11N3OS/c8-3-6(11)4-12-7-1-2-9-5-10-7/h1-2,5-6,11H,3-4,8H2. The van der Waals surface area contributed by atoms with Crippen LogP contribution in [-0.2, 0) is 0 Å². The topological polar surface area (TPSA) is 72.0 Å². The number of aliphatic hydroxyl groups excluding tert-OH is 1. The number of nitrogens with zero attached hydrogens (tertiary/aromatic N) is 2. The number of aromatic nitrogens is 2. The van der Waals surface area contributed by atoms with Crippen LogP contribution in [0, 0.1) is 0 Å². The zero-order chi connectivity index (χ0) is 8.81. The van der Waals surface area contributed by atoms with Gasteiger partial charge in [-0.3, -0.25) is 0 Å². The van der Waals surface area contributed by atoms with Crippen molar-refractivity contribution in [3.05, 3.63) is 18.6 Å². The lowest BCUT2D eigenvalue weighted by atomic mass is 10.4. The molecule has 1 aromatic heterocycles. The van der Waals surface area contributed by atoms with Crippen molar-refractivity contribution >= 4 is 11.8 Å². The van der Waals surface area contributed by atoms with Crippen molar-refractivity contribution in [2.75, 3.05) is 12.3 Å². The van der Waals surface area contributed by atoms with E-state index in [1.807, 2.05) is 0 Å². The Kier molecular flexibility index (Phi) is 3.99. The van der Waals surface area contributed by atoms with E-state index in [2.05, 4.69) is 9.97 Å². The molecule has 4 nitrogen and oxygen atoms in total. The van der Waals surface area contributed by atoms with E-state index < -0.39 is 6.10 Å². The highest BCUT2D eigenvalue weighted by molar-refractivity contribution is 7.99. The van der Waals surface area contributed by atoms with Gasteiger partial charge in [0, 0.05) is 18.5 Å². The summed E-state index contributed by atoms with van der Waals surface area (Å²) in [5.74, 6) is 0.577. The number of thioether (sulfide) groups is 1. The second-order valence-corrected chi connectivity index (χ2v) is 3.29. The molecule has 0 radical (unpaired) electrons. The molecule has 66 valence electrons. The van der Waals surface area contributed by atoms with E-state index in [1.165, 1.54) is 18.1 Å². The van der Waals surface area contributed by atoms with Crippen LogP contribution >= 0.6 is 11.8 Å². The van der Waals surface area contributed by atoms with Gasteiger partial charge in [0.25, 0.3) is 0 Å². The minimum absolute atomic E-state index is 0.290. The minimum atomic E-state index is -0.454. The fourth-order valence-corrected chi connectivity index (χ4v) is 1.39. The second-order valence-electron chi connectivity index (χ2n) is 2.25. The molecule has 12 heavy (non-hydrogen) atoms. The molecule has 0 aromatic carbocycles. The van der Waals surface area contributed by atoms with E-state index in [-0.39, 0.29) is 6.54 Å². The normalized spacial score (nSPS) is 12.8. The van der Waals surface area contributed by atoms with Gasteiger partial charge in [-0.1, -0.05) is 0 Å². The zero-order valence-electron chi connectivity index (χ0n) is 6.55. The molecular weight excluding hydrogens is 174 g/mol.